The van der Waals surface area contributed by atoms with Gasteiger partial charge in [-0.2, -0.15) is 0 Å². The number of amides is 1. The number of halogens is 2. The lowest BCUT2D eigenvalue weighted by Gasteiger charge is -2.23. The molecular weight excluding hydrogens is 448 g/mol. The first kappa shape index (κ1) is 22.6. The quantitative estimate of drug-likeness (QED) is 0.376. The van der Waals surface area contributed by atoms with Crippen molar-refractivity contribution in [2.75, 3.05) is 27.2 Å². The van der Waals surface area contributed by atoms with Gasteiger partial charge in [0.2, 0.25) is 5.91 Å². The minimum absolute atomic E-state index is 0. The molecule has 1 aromatic rings. The molecular formula is C18H29FIN5O. The van der Waals surface area contributed by atoms with Crippen LogP contribution >= 0.6 is 24.0 Å². The van der Waals surface area contributed by atoms with Crippen LogP contribution in [0.4, 0.5) is 4.39 Å². The Hall–Kier alpha value is -1.45. The van der Waals surface area contributed by atoms with Crippen LogP contribution in [0.1, 0.15) is 37.8 Å². The lowest BCUT2D eigenvalue weighted by molar-refractivity contribution is -0.127. The molecule has 0 radical (unpaired) electrons. The fraction of sp³-hybridized carbons (Fsp3) is 0.611. The number of pyridine rings is 1. The van der Waals surface area contributed by atoms with Crippen LogP contribution in [0.5, 0.6) is 0 Å². The van der Waals surface area contributed by atoms with Crippen molar-refractivity contribution in [2.24, 2.45) is 10.9 Å². The summed E-state index contributed by atoms with van der Waals surface area (Å²) in [4.78, 5) is 21.7. The SMILES string of the molecule is CN(C)C(=O)CNC(=NCc1ncccc1F)NCC1CCCCC1.I. The maximum atomic E-state index is 13.7. The first-order valence-electron chi connectivity index (χ1n) is 8.88. The molecule has 1 aliphatic rings. The van der Waals surface area contributed by atoms with E-state index in [9.17, 15) is 9.18 Å². The zero-order valence-corrected chi connectivity index (χ0v) is 17.8. The summed E-state index contributed by atoms with van der Waals surface area (Å²) in [7, 11) is 3.42. The fourth-order valence-corrected chi connectivity index (χ4v) is 2.81. The van der Waals surface area contributed by atoms with Crippen molar-refractivity contribution in [3.05, 3.63) is 29.8 Å². The number of likely N-dealkylation sites (N-methyl/N-ethyl adjacent to an activating group) is 1. The van der Waals surface area contributed by atoms with E-state index in [2.05, 4.69) is 20.6 Å². The summed E-state index contributed by atoms with van der Waals surface area (Å²) < 4.78 is 13.7. The van der Waals surface area contributed by atoms with Gasteiger partial charge >= 0.3 is 0 Å². The van der Waals surface area contributed by atoms with Crippen molar-refractivity contribution < 1.29 is 9.18 Å². The molecule has 0 atom stereocenters. The Balaban J connectivity index is 0.00000338. The Labute approximate surface area is 172 Å². The highest BCUT2D eigenvalue weighted by molar-refractivity contribution is 14.0. The molecule has 1 aromatic heterocycles. The molecule has 1 fully saturated rings. The Morgan fingerprint density at radius 1 is 1.31 bits per heavy atom. The van der Waals surface area contributed by atoms with Crippen molar-refractivity contribution in [2.45, 2.75) is 38.6 Å². The predicted molar refractivity (Wildman–Crippen MR) is 112 cm³/mol. The molecule has 0 unspecified atom stereocenters. The molecule has 26 heavy (non-hydrogen) atoms. The summed E-state index contributed by atoms with van der Waals surface area (Å²) in [6, 6.07) is 2.93. The summed E-state index contributed by atoms with van der Waals surface area (Å²) in [6.07, 6.45) is 7.82. The molecule has 2 N–H and O–H groups in total. The minimum Gasteiger partial charge on any atom is -0.356 e. The van der Waals surface area contributed by atoms with Gasteiger partial charge in [0.25, 0.3) is 0 Å². The number of nitrogens with one attached hydrogen (secondary N) is 2. The molecule has 0 spiro atoms. The average molecular weight is 477 g/mol. The van der Waals surface area contributed by atoms with Crippen LogP contribution in [-0.2, 0) is 11.3 Å². The van der Waals surface area contributed by atoms with E-state index in [0.29, 0.717) is 17.6 Å². The van der Waals surface area contributed by atoms with E-state index in [1.807, 2.05) is 0 Å². The number of hydrogen-bond acceptors (Lipinski definition) is 3. The third-order valence-corrected chi connectivity index (χ3v) is 4.41. The van der Waals surface area contributed by atoms with Gasteiger partial charge in [-0.25, -0.2) is 9.38 Å². The molecule has 1 heterocycles. The third kappa shape index (κ3) is 7.84. The lowest BCUT2D eigenvalue weighted by Crippen LogP contribution is -2.44. The standard InChI is InChI=1S/C18H28FN5O.HI/c1-24(2)17(25)13-23-18(21-11-14-7-4-3-5-8-14)22-12-16-15(19)9-6-10-20-16;/h6,9-10,14H,3-5,7-8,11-13H2,1-2H3,(H2,21,22,23);1H. The van der Waals surface area contributed by atoms with Gasteiger partial charge in [-0.1, -0.05) is 19.3 Å². The molecule has 0 saturated heterocycles. The Bertz CT molecular complexity index is 591. The first-order chi connectivity index (χ1) is 12.1. The molecule has 2 rings (SSSR count). The maximum Gasteiger partial charge on any atom is 0.241 e. The van der Waals surface area contributed by atoms with Crippen LogP contribution in [-0.4, -0.2) is 48.9 Å². The van der Waals surface area contributed by atoms with Crippen LogP contribution in [0, 0.1) is 11.7 Å². The van der Waals surface area contributed by atoms with Gasteiger partial charge in [-0.05, 0) is 30.9 Å². The molecule has 1 amide bonds. The molecule has 0 aliphatic heterocycles. The van der Waals surface area contributed by atoms with Crippen molar-refractivity contribution in [3.8, 4) is 0 Å². The van der Waals surface area contributed by atoms with E-state index in [-0.39, 0.29) is 48.8 Å². The summed E-state index contributed by atoms with van der Waals surface area (Å²) in [5, 5.41) is 6.32. The smallest absolute Gasteiger partial charge is 0.241 e. The molecule has 146 valence electrons. The van der Waals surface area contributed by atoms with E-state index >= 15 is 0 Å². The zero-order chi connectivity index (χ0) is 18.1. The molecule has 0 aromatic carbocycles. The topological polar surface area (TPSA) is 69.6 Å². The lowest BCUT2D eigenvalue weighted by atomic mass is 9.89. The van der Waals surface area contributed by atoms with Crippen molar-refractivity contribution in [3.63, 3.8) is 0 Å². The van der Waals surface area contributed by atoms with E-state index in [0.717, 1.165) is 6.54 Å². The zero-order valence-electron chi connectivity index (χ0n) is 15.5. The molecule has 6 nitrogen and oxygen atoms in total. The Kier molecular flexibility index (Phi) is 10.5. The van der Waals surface area contributed by atoms with Crippen LogP contribution in [0.25, 0.3) is 0 Å². The largest absolute Gasteiger partial charge is 0.356 e. The number of aromatic nitrogens is 1. The third-order valence-electron chi connectivity index (χ3n) is 4.41. The normalized spacial score (nSPS) is 15.1. The summed E-state index contributed by atoms with van der Waals surface area (Å²) in [5.74, 6) is 0.723. The van der Waals surface area contributed by atoms with Gasteiger partial charge in [0, 0.05) is 26.8 Å². The van der Waals surface area contributed by atoms with Crippen LogP contribution < -0.4 is 10.6 Å². The number of hydrogen-bond donors (Lipinski definition) is 2. The minimum atomic E-state index is -0.373. The van der Waals surface area contributed by atoms with E-state index in [1.165, 1.54) is 43.1 Å². The van der Waals surface area contributed by atoms with Crippen molar-refractivity contribution in [1.82, 2.24) is 20.5 Å². The van der Waals surface area contributed by atoms with Gasteiger partial charge in [0.15, 0.2) is 5.96 Å². The van der Waals surface area contributed by atoms with Gasteiger partial charge in [0.1, 0.15) is 5.82 Å². The van der Waals surface area contributed by atoms with E-state index in [1.54, 1.807) is 26.4 Å². The van der Waals surface area contributed by atoms with E-state index in [4.69, 9.17) is 0 Å². The van der Waals surface area contributed by atoms with Crippen LogP contribution in [0.3, 0.4) is 0 Å². The number of guanidine groups is 1. The second kappa shape index (κ2) is 12.0. The second-order valence-corrected chi connectivity index (χ2v) is 6.62. The van der Waals surface area contributed by atoms with Gasteiger partial charge < -0.3 is 15.5 Å². The monoisotopic (exact) mass is 477 g/mol. The van der Waals surface area contributed by atoms with Gasteiger partial charge in [0.05, 0.1) is 18.8 Å². The number of carbonyl (C=O) groups excluding carboxylic acids is 1. The summed E-state index contributed by atoms with van der Waals surface area (Å²) in [6.45, 7) is 1.09. The summed E-state index contributed by atoms with van der Waals surface area (Å²) >= 11 is 0. The molecule has 8 heteroatoms. The Morgan fingerprint density at radius 3 is 2.69 bits per heavy atom. The summed E-state index contributed by atoms with van der Waals surface area (Å²) in [5.41, 5.74) is 0.292. The first-order valence-corrected chi connectivity index (χ1v) is 8.88. The number of aliphatic imine (C=N–C) groups is 1. The Morgan fingerprint density at radius 2 is 2.04 bits per heavy atom. The number of rotatable bonds is 6. The van der Waals surface area contributed by atoms with Crippen LogP contribution in [0.15, 0.2) is 23.3 Å². The van der Waals surface area contributed by atoms with E-state index < -0.39 is 0 Å². The van der Waals surface area contributed by atoms with Gasteiger partial charge in [-0.15, -0.1) is 24.0 Å². The highest BCUT2D eigenvalue weighted by Crippen LogP contribution is 2.22. The van der Waals surface area contributed by atoms with Crippen LogP contribution in [0.2, 0.25) is 0 Å². The highest BCUT2D eigenvalue weighted by atomic mass is 127. The van der Waals surface area contributed by atoms with Gasteiger partial charge in [-0.3, -0.25) is 9.78 Å². The second-order valence-electron chi connectivity index (χ2n) is 6.62. The predicted octanol–water partition coefficient (Wildman–Crippen LogP) is 2.54. The van der Waals surface area contributed by atoms with Crippen molar-refractivity contribution >= 4 is 35.8 Å². The fourth-order valence-electron chi connectivity index (χ4n) is 2.81. The molecule has 0 bridgehead atoms. The maximum absolute atomic E-state index is 13.7. The van der Waals surface area contributed by atoms with Crippen molar-refractivity contribution in [1.29, 1.82) is 0 Å². The molecule has 1 aliphatic carbocycles. The highest BCUT2D eigenvalue weighted by Gasteiger charge is 2.14. The number of carbonyl (C=O) groups is 1. The number of nitrogens with zero attached hydrogens (tertiary/aromatic N) is 3. The average Bonchev–Trinajstić information content (AvgIpc) is 2.62. The molecule has 1 saturated carbocycles.